The molecule has 2 aromatic heterocycles. The minimum absolute atomic E-state index is 0.137. The minimum Gasteiger partial charge on any atom is -0.370 e. The molecule has 0 aliphatic heterocycles. The van der Waals surface area contributed by atoms with Gasteiger partial charge in [-0.2, -0.15) is 0 Å². The molecule has 0 aromatic carbocycles. The van der Waals surface area contributed by atoms with Gasteiger partial charge in [-0.05, 0) is 12.5 Å². The van der Waals surface area contributed by atoms with Gasteiger partial charge in [0.25, 0.3) is 10.0 Å². The van der Waals surface area contributed by atoms with Crippen LogP contribution in [-0.4, -0.2) is 29.9 Å². The highest BCUT2D eigenvalue weighted by atomic mass is 32.2. The van der Waals surface area contributed by atoms with Crippen LogP contribution in [0.4, 0.5) is 11.8 Å². The average Bonchev–Trinajstić information content (AvgIpc) is 2.89. The second kappa shape index (κ2) is 5.70. The number of hydrogen-bond donors (Lipinski definition) is 3. The highest BCUT2D eigenvalue weighted by Gasteiger charge is 2.15. The fourth-order valence-corrected chi connectivity index (χ4v) is 2.43. The molecule has 2 aromatic rings. The molecule has 0 saturated carbocycles. The summed E-state index contributed by atoms with van der Waals surface area (Å²) in [6.07, 6.45) is 5.40. The lowest BCUT2D eigenvalue weighted by Crippen LogP contribution is -2.14. The number of pyridine rings is 1. The molecule has 0 aliphatic carbocycles. The van der Waals surface area contributed by atoms with Crippen molar-refractivity contribution >= 4 is 21.8 Å². The van der Waals surface area contributed by atoms with Crippen molar-refractivity contribution in [1.82, 2.24) is 15.0 Å². The molecule has 0 saturated heterocycles. The Morgan fingerprint density at radius 2 is 2.16 bits per heavy atom. The van der Waals surface area contributed by atoms with Gasteiger partial charge in [0, 0.05) is 31.2 Å². The van der Waals surface area contributed by atoms with Gasteiger partial charge < -0.3 is 10.3 Å². The summed E-state index contributed by atoms with van der Waals surface area (Å²) in [4.78, 5) is 10.7. The van der Waals surface area contributed by atoms with Gasteiger partial charge in [0.15, 0.2) is 0 Å². The zero-order valence-corrected chi connectivity index (χ0v) is 11.2. The molecule has 2 rings (SSSR count). The number of aromatic amines is 1. The second-order valence-electron chi connectivity index (χ2n) is 3.85. The molecule has 0 fully saturated rings. The van der Waals surface area contributed by atoms with E-state index >= 15 is 0 Å². The van der Waals surface area contributed by atoms with Crippen molar-refractivity contribution in [1.29, 1.82) is 0 Å². The lowest BCUT2D eigenvalue weighted by molar-refractivity contribution is 0.600. The van der Waals surface area contributed by atoms with E-state index in [4.69, 9.17) is 0 Å². The summed E-state index contributed by atoms with van der Waals surface area (Å²) in [5.41, 5.74) is 0. The van der Waals surface area contributed by atoms with Gasteiger partial charge in [0.05, 0.1) is 4.90 Å². The van der Waals surface area contributed by atoms with Crippen LogP contribution in [0.25, 0.3) is 0 Å². The number of hydrogen-bond acceptors (Lipinski definition) is 5. The van der Waals surface area contributed by atoms with Crippen LogP contribution in [0, 0.1) is 0 Å². The zero-order valence-electron chi connectivity index (χ0n) is 10.4. The Morgan fingerprint density at radius 1 is 1.32 bits per heavy atom. The molecule has 0 radical (unpaired) electrons. The third-order valence-electron chi connectivity index (χ3n) is 2.33. The quantitative estimate of drug-likeness (QED) is 0.743. The van der Waals surface area contributed by atoms with Crippen molar-refractivity contribution < 1.29 is 8.42 Å². The SMILES string of the molecule is CCCNc1cc(S(=O)(=O)Nc2ncc[nH]2)ccn1. The van der Waals surface area contributed by atoms with E-state index in [-0.39, 0.29) is 10.8 Å². The summed E-state index contributed by atoms with van der Waals surface area (Å²) < 4.78 is 26.5. The number of nitrogens with zero attached hydrogens (tertiary/aromatic N) is 2. The maximum absolute atomic E-state index is 12.1. The number of sulfonamides is 1. The maximum atomic E-state index is 12.1. The lowest BCUT2D eigenvalue weighted by atomic mass is 10.4. The van der Waals surface area contributed by atoms with Crippen molar-refractivity contribution in [3.63, 3.8) is 0 Å². The summed E-state index contributed by atoms with van der Waals surface area (Å²) in [6, 6.07) is 2.92. The number of rotatable bonds is 6. The topological polar surface area (TPSA) is 99.8 Å². The standard InChI is InChI=1S/C11H15N5O2S/c1-2-4-12-10-8-9(3-5-13-10)19(17,18)16-11-14-6-7-15-11/h3,5-8H,2,4H2,1H3,(H,12,13)(H2,14,15,16). The van der Waals surface area contributed by atoms with E-state index in [0.717, 1.165) is 13.0 Å². The van der Waals surface area contributed by atoms with Gasteiger partial charge >= 0.3 is 0 Å². The average molecular weight is 281 g/mol. The molecule has 2 heterocycles. The minimum atomic E-state index is -3.65. The summed E-state index contributed by atoms with van der Waals surface area (Å²) in [5, 5.41) is 3.04. The summed E-state index contributed by atoms with van der Waals surface area (Å²) >= 11 is 0. The second-order valence-corrected chi connectivity index (χ2v) is 5.53. The predicted octanol–water partition coefficient (Wildman–Crippen LogP) is 1.43. The van der Waals surface area contributed by atoms with Crippen LogP contribution in [0.3, 0.4) is 0 Å². The molecular weight excluding hydrogens is 266 g/mol. The monoisotopic (exact) mass is 281 g/mol. The van der Waals surface area contributed by atoms with Crippen LogP contribution >= 0.6 is 0 Å². The van der Waals surface area contributed by atoms with Crippen LogP contribution < -0.4 is 10.0 Å². The van der Waals surface area contributed by atoms with Gasteiger partial charge in [-0.25, -0.2) is 23.1 Å². The van der Waals surface area contributed by atoms with Crippen molar-refractivity contribution in [2.45, 2.75) is 18.2 Å². The highest BCUT2D eigenvalue weighted by molar-refractivity contribution is 7.92. The van der Waals surface area contributed by atoms with E-state index in [1.807, 2.05) is 6.92 Å². The molecule has 3 N–H and O–H groups in total. The summed E-state index contributed by atoms with van der Waals surface area (Å²) in [6.45, 7) is 2.76. The number of nitrogens with one attached hydrogen (secondary N) is 3. The first kappa shape index (κ1) is 13.3. The van der Waals surface area contributed by atoms with Gasteiger partial charge in [0.1, 0.15) is 5.82 Å². The van der Waals surface area contributed by atoms with E-state index in [2.05, 4.69) is 25.0 Å². The summed E-state index contributed by atoms with van der Waals surface area (Å²) in [5.74, 6) is 0.712. The van der Waals surface area contributed by atoms with Crippen LogP contribution in [0.15, 0.2) is 35.6 Å². The first-order chi connectivity index (χ1) is 9.12. The number of imidazole rings is 1. The molecule has 19 heavy (non-hydrogen) atoms. The molecule has 0 unspecified atom stereocenters. The van der Waals surface area contributed by atoms with Crippen molar-refractivity contribution in [2.75, 3.05) is 16.6 Å². The van der Waals surface area contributed by atoms with E-state index in [0.29, 0.717) is 5.82 Å². The van der Waals surface area contributed by atoms with E-state index < -0.39 is 10.0 Å². The van der Waals surface area contributed by atoms with Crippen LogP contribution in [0.1, 0.15) is 13.3 Å². The Kier molecular flexibility index (Phi) is 4.00. The van der Waals surface area contributed by atoms with Crippen molar-refractivity contribution in [3.8, 4) is 0 Å². The molecule has 102 valence electrons. The zero-order chi connectivity index (χ0) is 13.7. The van der Waals surface area contributed by atoms with E-state index in [9.17, 15) is 8.42 Å². The normalized spacial score (nSPS) is 11.2. The largest absolute Gasteiger partial charge is 0.370 e. The first-order valence-electron chi connectivity index (χ1n) is 5.84. The molecule has 0 amide bonds. The van der Waals surface area contributed by atoms with Crippen molar-refractivity contribution in [2.24, 2.45) is 0 Å². The Morgan fingerprint density at radius 3 is 2.84 bits per heavy atom. The third kappa shape index (κ3) is 3.44. The Labute approximate surface area is 111 Å². The molecule has 0 atom stereocenters. The van der Waals surface area contributed by atoms with E-state index in [1.165, 1.54) is 24.5 Å². The number of anilines is 2. The molecule has 0 spiro atoms. The Hall–Kier alpha value is -2.09. The predicted molar refractivity (Wildman–Crippen MR) is 72.4 cm³/mol. The Balaban J connectivity index is 2.20. The fourth-order valence-electron chi connectivity index (χ4n) is 1.44. The fraction of sp³-hybridized carbons (Fsp3) is 0.273. The molecule has 7 nitrogen and oxygen atoms in total. The number of H-pyrrole nitrogens is 1. The van der Waals surface area contributed by atoms with Gasteiger partial charge in [-0.3, -0.25) is 0 Å². The van der Waals surface area contributed by atoms with Gasteiger partial charge in [0.2, 0.25) is 5.95 Å². The smallest absolute Gasteiger partial charge is 0.264 e. The summed E-state index contributed by atoms with van der Waals surface area (Å²) in [7, 11) is -3.65. The molecule has 0 bridgehead atoms. The molecule has 0 aliphatic rings. The third-order valence-corrected chi connectivity index (χ3v) is 3.66. The lowest BCUT2D eigenvalue weighted by Gasteiger charge is -2.08. The Bertz CT molecular complexity index is 624. The highest BCUT2D eigenvalue weighted by Crippen LogP contribution is 2.15. The van der Waals surface area contributed by atoms with Crippen molar-refractivity contribution in [3.05, 3.63) is 30.7 Å². The van der Waals surface area contributed by atoms with Gasteiger partial charge in [-0.15, -0.1) is 0 Å². The van der Waals surface area contributed by atoms with E-state index in [1.54, 1.807) is 6.20 Å². The van der Waals surface area contributed by atoms with Crippen LogP contribution in [0.2, 0.25) is 0 Å². The van der Waals surface area contributed by atoms with Crippen LogP contribution in [0.5, 0.6) is 0 Å². The molecule has 8 heteroatoms. The van der Waals surface area contributed by atoms with Gasteiger partial charge in [-0.1, -0.05) is 6.92 Å². The maximum Gasteiger partial charge on any atom is 0.264 e. The first-order valence-corrected chi connectivity index (χ1v) is 7.32. The number of aromatic nitrogens is 3. The molecular formula is C11H15N5O2S. The van der Waals surface area contributed by atoms with Crippen LogP contribution in [-0.2, 0) is 10.0 Å².